The number of rotatable bonds is 5. The number of halogens is 1. The van der Waals surface area contributed by atoms with Crippen LogP contribution in [0.25, 0.3) is 5.76 Å². The molecule has 0 aromatic heterocycles. The lowest BCUT2D eigenvalue weighted by atomic mass is 9.94. The number of aliphatic hydroxyl groups is 1. The number of methoxy groups -OCH3 is 2. The summed E-state index contributed by atoms with van der Waals surface area (Å²) < 4.78 is 11.6. The van der Waals surface area contributed by atoms with E-state index in [-0.39, 0.29) is 11.3 Å². The number of benzene rings is 3. The smallest absolute Gasteiger partial charge is 0.300 e. The SMILES string of the molecule is COc1ccc(C2/C(=C(/O)c3ccc(Br)c(C)c3)C(=O)C(=O)N2c2ccc(C#N)cc2)cc1OC. The molecule has 1 N–H and O–H groups in total. The third kappa shape index (κ3) is 4.27. The molecule has 1 aliphatic heterocycles. The second-order valence-corrected chi connectivity index (χ2v) is 8.76. The van der Waals surface area contributed by atoms with Crippen molar-refractivity contribution in [3.05, 3.63) is 93.0 Å². The number of aryl methyl sites for hydroxylation is 1. The van der Waals surface area contributed by atoms with Gasteiger partial charge in [0.05, 0.1) is 37.5 Å². The van der Waals surface area contributed by atoms with Crippen molar-refractivity contribution in [1.29, 1.82) is 5.26 Å². The van der Waals surface area contributed by atoms with Crippen LogP contribution >= 0.6 is 15.9 Å². The Kier molecular flexibility index (Phi) is 6.63. The van der Waals surface area contributed by atoms with E-state index in [0.717, 1.165) is 10.0 Å². The van der Waals surface area contributed by atoms with Gasteiger partial charge in [-0.15, -0.1) is 0 Å². The van der Waals surface area contributed by atoms with Gasteiger partial charge in [0.2, 0.25) is 0 Å². The molecule has 0 bridgehead atoms. The summed E-state index contributed by atoms with van der Waals surface area (Å²) in [6.07, 6.45) is 0. The fraction of sp³-hybridized carbons (Fsp3) is 0.148. The minimum absolute atomic E-state index is 0.0479. The molecule has 176 valence electrons. The van der Waals surface area contributed by atoms with E-state index in [1.807, 2.05) is 13.0 Å². The van der Waals surface area contributed by atoms with Gasteiger partial charge in [0.15, 0.2) is 11.5 Å². The van der Waals surface area contributed by atoms with Crippen LogP contribution in [0.2, 0.25) is 0 Å². The van der Waals surface area contributed by atoms with E-state index >= 15 is 0 Å². The van der Waals surface area contributed by atoms with Gasteiger partial charge in [0, 0.05) is 15.7 Å². The minimum atomic E-state index is -0.938. The normalized spacial score (nSPS) is 16.8. The van der Waals surface area contributed by atoms with Crippen LogP contribution in [0.3, 0.4) is 0 Å². The molecule has 0 saturated carbocycles. The monoisotopic (exact) mass is 532 g/mol. The number of Topliss-reactive ketones (excluding diaryl/α,β-unsaturated/α-hetero) is 1. The fourth-order valence-corrected chi connectivity index (χ4v) is 4.33. The molecule has 8 heteroatoms. The number of hydrogen-bond donors (Lipinski definition) is 1. The number of carbonyl (C=O) groups excluding carboxylic acids is 2. The highest BCUT2D eigenvalue weighted by atomic mass is 79.9. The largest absolute Gasteiger partial charge is 0.507 e. The maximum Gasteiger partial charge on any atom is 0.300 e. The lowest BCUT2D eigenvalue weighted by Gasteiger charge is -2.26. The van der Waals surface area contributed by atoms with Crippen LogP contribution < -0.4 is 14.4 Å². The van der Waals surface area contributed by atoms with E-state index in [1.54, 1.807) is 60.7 Å². The maximum absolute atomic E-state index is 13.3. The molecule has 7 nitrogen and oxygen atoms in total. The molecule has 1 heterocycles. The number of aliphatic hydroxyl groups excluding tert-OH is 1. The predicted octanol–water partition coefficient (Wildman–Crippen LogP) is 5.27. The molecule has 0 aliphatic carbocycles. The zero-order valence-electron chi connectivity index (χ0n) is 19.2. The van der Waals surface area contributed by atoms with E-state index in [4.69, 9.17) is 14.7 Å². The van der Waals surface area contributed by atoms with Gasteiger partial charge >= 0.3 is 0 Å². The summed E-state index contributed by atoms with van der Waals surface area (Å²) in [5.74, 6) is -0.989. The van der Waals surface area contributed by atoms with Crippen molar-refractivity contribution in [3.8, 4) is 17.6 Å². The molecule has 1 aliphatic rings. The summed E-state index contributed by atoms with van der Waals surface area (Å²) in [5, 5.41) is 20.4. The zero-order chi connectivity index (χ0) is 25.3. The molecule has 0 spiro atoms. The van der Waals surface area contributed by atoms with Crippen LogP contribution in [-0.4, -0.2) is 31.0 Å². The molecule has 3 aromatic carbocycles. The fourth-order valence-electron chi connectivity index (χ4n) is 4.08. The summed E-state index contributed by atoms with van der Waals surface area (Å²) in [6.45, 7) is 1.86. The highest BCUT2D eigenvalue weighted by molar-refractivity contribution is 9.10. The molecular formula is C27H21BrN2O5. The Bertz CT molecular complexity index is 1410. The van der Waals surface area contributed by atoms with Gasteiger partial charge in [-0.3, -0.25) is 14.5 Å². The van der Waals surface area contributed by atoms with Gasteiger partial charge in [-0.05, 0) is 66.6 Å². The Labute approximate surface area is 210 Å². The van der Waals surface area contributed by atoms with E-state index in [0.29, 0.717) is 33.9 Å². The third-order valence-electron chi connectivity index (χ3n) is 5.87. The Morgan fingerprint density at radius 1 is 1.00 bits per heavy atom. The molecule has 1 unspecified atom stereocenters. The van der Waals surface area contributed by atoms with Crippen molar-refractivity contribution in [1.82, 2.24) is 0 Å². The van der Waals surface area contributed by atoms with Gasteiger partial charge in [-0.1, -0.05) is 28.1 Å². The highest BCUT2D eigenvalue weighted by Gasteiger charge is 2.47. The molecule has 1 amide bonds. The molecular weight excluding hydrogens is 512 g/mol. The van der Waals surface area contributed by atoms with E-state index in [1.165, 1.54) is 19.1 Å². The molecule has 1 atom stereocenters. The number of carbonyl (C=O) groups is 2. The van der Waals surface area contributed by atoms with Gasteiger partial charge < -0.3 is 14.6 Å². The van der Waals surface area contributed by atoms with Crippen LogP contribution in [-0.2, 0) is 9.59 Å². The molecule has 1 fully saturated rings. The van der Waals surface area contributed by atoms with Crippen LogP contribution in [0.4, 0.5) is 5.69 Å². The van der Waals surface area contributed by atoms with Gasteiger partial charge in [-0.25, -0.2) is 0 Å². The number of nitrogens with zero attached hydrogens (tertiary/aromatic N) is 2. The first-order valence-electron chi connectivity index (χ1n) is 10.6. The second kappa shape index (κ2) is 9.65. The standard InChI is InChI=1S/C27H21BrN2O5/c1-15-12-18(6-10-20(15)28)25(31)23-24(17-7-11-21(34-2)22(13-17)35-3)30(27(33)26(23)32)19-8-4-16(14-29)5-9-19/h4-13,24,31H,1-3H3/b25-23-. The van der Waals surface area contributed by atoms with Gasteiger partial charge in [0.25, 0.3) is 11.7 Å². The molecule has 3 aromatic rings. The van der Waals surface area contributed by atoms with Crippen molar-refractivity contribution >= 4 is 39.1 Å². The number of amides is 1. The van der Waals surface area contributed by atoms with Gasteiger partial charge in [0.1, 0.15) is 5.76 Å². The second-order valence-electron chi connectivity index (χ2n) is 7.91. The first-order chi connectivity index (χ1) is 16.8. The summed E-state index contributed by atoms with van der Waals surface area (Å²) in [7, 11) is 3.00. The number of hydrogen-bond acceptors (Lipinski definition) is 6. The zero-order valence-corrected chi connectivity index (χ0v) is 20.8. The third-order valence-corrected chi connectivity index (χ3v) is 6.76. The quantitative estimate of drug-likeness (QED) is 0.273. The van der Waals surface area contributed by atoms with Gasteiger partial charge in [-0.2, -0.15) is 5.26 Å². The average molecular weight is 533 g/mol. The molecule has 35 heavy (non-hydrogen) atoms. The van der Waals surface area contributed by atoms with Crippen molar-refractivity contribution < 1.29 is 24.2 Å². The Balaban J connectivity index is 1.97. The number of nitriles is 1. The lowest BCUT2D eigenvalue weighted by molar-refractivity contribution is -0.132. The van der Waals surface area contributed by atoms with E-state index < -0.39 is 17.7 Å². The first-order valence-corrected chi connectivity index (χ1v) is 11.4. The van der Waals surface area contributed by atoms with Crippen LogP contribution in [0.15, 0.2) is 70.7 Å². The number of ether oxygens (including phenoxy) is 2. The average Bonchev–Trinajstić information content (AvgIpc) is 3.15. The summed E-state index contributed by atoms with van der Waals surface area (Å²) in [5.41, 5.74) is 2.59. The van der Waals surface area contributed by atoms with E-state index in [2.05, 4.69) is 15.9 Å². The Morgan fingerprint density at radius 3 is 2.29 bits per heavy atom. The highest BCUT2D eigenvalue weighted by Crippen LogP contribution is 2.44. The maximum atomic E-state index is 13.3. The molecule has 0 radical (unpaired) electrons. The number of anilines is 1. The number of ketones is 1. The molecule has 1 saturated heterocycles. The van der Waals surface area contributed by atoms with Crippen molar-refractivity contribution in [2.45, 2.75) is 13.0 Å². The predicted molar refractivity (Wildman–Crippen MR) is 134 cm³/mol. The van der Waals surface area contributed by atoms with Crippen LogP contribution in [0.5, 0.6) is 11.5 Å². The minimum Gasteiger partial charge on any atom is -0.507 e. The first kappa shape index (κ1) is 24.0. The van der Waals surface area contributed by atoms with Crippen molar-refractivity contribution in [3.63, 3.8) is 0 Å². The van der Waals surface area contributed by atoms with Crippen LogP contribution in [0.1, 0.15) is 28.3 Å². The Hall–Kier alpha value is -4.09. The summed E-state index contributed by atoms with van der Waals surface area (Å²) >= 11 is 3.44. The summed E-state index contributed by atoms with van der Waals surface area (Å²) in [6, 6.07) is 17.7. The Morgan fingerprint density at radius 2 is 1.69 bits per heavy atom. The topological polar surface area (TPSA) is 99.9 Å². The van der Waals surface area contributed by atoms with Crippen molar-refractivity contribution in [2.75, 3.05) is 19.1 Å². The van der Waals surface area contributed by atoms with Crippen molar-refractivity contribution in [2.24, 2.45) is 0 Å². The van der Waals surface area contributed by atoms with Crippen LogP contribution in [0, 0.1) is 18.3 Å². The van der Waals surface area contributed by atoms with E-state index in [9.17, 15) is 14.7 Å². The lowest BCUT2D eigenvalue weighted by Crippen LogP contribution is -2.29. The summed E-state index contributed by atoms with van der Waals surface area (Å²) in [4.78, 5) is 27.9. The molecule has 4 rings (SSSR count).